The first-order chi connectivity index (χ1) is 18.1. The molecular weight excluding hydrogens is 456 g/mol. The van der Waals surface area contributed by atoms with Crippen LogP contribution in [0.5, 0.6) is 11.5 Å². The van der Waals surface area contributed by atoms with Crippen LogP contribution in [0.15, 0.2) is 95.2 Å². The van der Waals surface area contributed by atoms with E-state index in [2.05, 4.69) is 96.9 Å². The molecule has 4 aromatic rings. The lowest BCUT2D eigenvalue weighted by Gasteiger charge is -2.09. The second kappa shape index (κ2) is 12.9. The van der Waals surface area contributed by atoms with Crippen molar-refractivity contribution < 1.29 is 9.47 Å². The van der Waals surface area contributed by atoms with Crippen LogP contribution in [0, 0.1) is 6.92 Å². The molecule has 0 aromatic heterocycles. The highest BCUT2D eigenvalue weighted by molar-refractivity contribution is 5.56. The summed E-state index contributed by atoms with van der Waals surface area (Å²) in [5.41, 5.74) is 9.14. The molecule has 4 aromatic carbocycles. The Labute approximate surface area is 221 Å². The van der Waals surface area contributed by atoms with Crippen LogP contribution in [-0.2, 0) is 32.1 Å². The molecule has 4 rings (SSSR count). The van der Waals surface area contributed by atoms with E-state index in [-0.39, 0.29) is 0 Å². The number of azo groups is 1. The Morgan fingerprint density at radius 3 is 1.32 bits per heavy atom. The number of hydrogen-bond acceptors (Lipinski definition) is 4. The molecule has 0 aliphatic rings. The largest absolute Gasteiger partial charge is 0.494 e. The van der Waals surface area contributed by atoms with Gasteiger partial charge in [0.05, 0.1) is 14.2 Å². The lowest BCUT2D eigenvalue weighted by Crippen LogP contribution is -1.93. The summed E-state index contributed by atoms with van der Waals surface area (Å²) in [5.74, 6) is 1.44. The van der Waals surface area contributed by atoms with Gasteiger partial charge in [0.1, 0.15) is 22.9 Å². The van der Waals surface area contributed by atoms with E-state index in [1.165, 1.54) is 33.4 Å². The minimum Gasteiger partial charge on any atom is -0.494 e. The molecule has 4 heteroatoms. The minimum absolute atomic E-state index is 0.697. The molecule has 0 saturated carbocycles. The molecule has 0 aliphatic carbocycles. The Morgan fingerprint density at radius 1 is 0.514 bits per heavy atom. The third-order valence-corrected chi connectivity index (χ3v) is 6.71. The molecule has 190 valence electrons. The number of nitrogens with zero attached hydrogens (tertiary/aromatic N) is 2. The smallest absolute Gasteiger partial charge is 0.146 e. The number of ether oxygens (including phenoxy) is 2. The lowest BCUT2D eigenvalue weighted by atomic mass is 10.0. The summed E-state index contributed by atoms with van der Waals surface area (Å²) < 4.78 is 11.3. The third kappa shape index (κ3) is 7.29. The van der Waals surface area contributed by atoms with Crippen molar-refractivity contribution in [3.05, 3.63) is 118 Å². The molecule has 0 unspecified atom stereocenters. The van der Waals surface area contributed by atoms with Crippen molar-refractivity contribution >= 4 is 11.4 Å². The summed E-state index contributed by atoms with van der Waals surface area (Å²) in [5, 5.41) is 8.97. The summed E-state index contributed by atoms with van der Waals surface area (Å²) in [6.07, 6.45) is 4.92. The van der Waals surface area contributed by atoms with Crippen molar-refractivity contribution in [3.8, 4) is 11.5 Å². The fourth-order valence-corrected chi connectivity index (χ4v) is 4.30. The predicted molar refractivity (Wildman–Crippen MR) is 152 cm³/mol. The van der Waals surface area contributed by atoms with Crippen molar-refractivity contribution in [2.75, 3.05) is 14.2 Å². The molecule has 0 spiro atoms. The van der Waals surface area contributed by atoms with Crippen LogP contribution in [0.3, 0.4) is 0 Å². The fourth-order valence-electron chi connectivity index (χ4n) is 4.30. The maximum Gasteiger partial charge on any atom is 0.146 e. The maximum atomic E-state index is 5.63. The van der Waals surface area contributed by atoms with Gasteiger partial charge in [-0.2, -0.15) is 0 Å². The summed E-state index contributed by atoms with van der Waals surface area (Å²) >= 11 is 0. The fraction of sp³-hybridized carbons (Fsp3) is 0.273. The second-order valence-corrected chi connectivity index (χ2v) is 9.37. The van der Waals surface area contributed by atoms with Crippen molar-refractivity contribution in [1.29, 1.82) is 0 Å². The van der Waals surface area contributed by atoms with Gasteiger partial charge >= 0.3 is 0 Å². The Bertz CT molecular complexity index is 1330. The molecule has 0 amide bonds. The molecule has 0 atom stereocenters. The normalized spacial score (nSPS) is 11.1. The molecule has 4 nitrogen and oxygen atoms in total. The van der Waals surface area contributed by atoms with Gasteiger partial charge in [-0.25, -0.2) is 0 Å². The van der Waals surface area contributed by atoms with Gasteiger partial charge < -0.3 is 9.47 Å². The number of rotatable bonds is 11. The van der Waals surface area contributed by atoms with Gasteiger partial charge in [-0.15, -0.1) is 10.2 Å². The monoisotopic (exact) mass is 492 g/mol. The van der Waals surface area contributed by atoms with E-state index >= 15 is 0 Å². The molecular formula is C33H36N2O2. The van der Waals surface area contributed by atoms with E-state index in [0.29, 0.717) is 11.4 Å². The average molecular weight is 493 g/mol. The standard InChI is InChI=1S/C33H36N2O2/c1-5-25-10-12-27(13-11-25)15-17-29-19-21-31(33(23-29)37-4)35-34-30-20-18-28(22-32(30)36-3)16-14-26-8-6-24(2)7-9-26/h6-13,18-23H,5,14-17H2,1-4H3. The minimum atomic E-state index is 0.697. The highest BCUT2D eigenvalue weighted by atomic mass is 16.5. The van der Waals surface area contributed by atoms with E-state index in [9.17, 15) is 0 Å². The van der Waals surface area contributed by atoms with E-state index in [0.717, 1.165) is 43.6 Å². The van der Waals surface area contributed by atoms with Gasteiger partial charge in [0, 0.05) is 0 Å². The topological polar surface area (TPSA) is 43.2 Å². The van der Waals surface area contributed by atoms with Crippen molar-refractivity contribution in [3.63, 3.8) is 0 Å². The molecule has 0 aliphatic heterocycles. The van der Waals surface area contributed by atoms with Crippen LogP contribution >= 0.6 is 0 Å². The molecule has 0 saturated heterocycles. The predicted octanol–water partition coefficient (Wildman–Crippen LogP) is 8.56. The van der Waals surface area contributed by atoms with Gasteiger partial charge in [-0.3, -0.25) is 0 Å². The average Bonchev–Trinajstić information content (AvgIpc) is 2.95. The first kappa shape index (κ1) is 26.2. The van der Waals surface area contributed by atoms with E-state index < -0.39 is 0 Å². The highest BCUT2D eigenvalue weighted by Crippen LogP contribution is 2.34. The number of benzene rings is 4. The van der Waals surface area contributed by atoms with Gasteiger partial charge in [0.2, 0.25) is 0 Å². The molecule has 0 radical (unpaired) electrons. The molecule has 37 heavy (non-hydrogen) atoms. The van der Waals surface area contributed by atoms with Gasteiger partial charge in [0.15, 0.2) is 0 Å². The Morgan fingerprint density at radius 2 is 0.892 bits per heavy atom. The number of hydrogen-bond donors (Lipinski definition) is 0. The summed E-state index contributed by atoms with van der Waals surface area (Å²) in [6, 6.07) is 29.8. The first-order valence-electron chi connectivity index (χ1n) is 13.0. The lowest BCUT2D eigenvalue weighted by molar-refractivity contribution is 0.413. The van der Waals surface area contributed by atoms with E-state index in [4.69, 9.17) is 9.47 Å². The molecule has 0 heterocycles. The van der Waals surface area contributed by atoms with Gasteiger partial charge in [0.25, 0.3) is 0 Å². The summed E-state index contributed by atoms with van der Waals surface area (Å²) in [4.78, 5) is 0. The zero-order chi connectivity index (χ0) is 26.0. The van der Waals surface area contributed by atoms with Crippen molar-refractivity contribution in [2.24, 2.45) is 10.2 Å². The summed E-state index contributed by atoms with van der Waals surface area (Å²) in [6.45, 7) is 4.29. The third-order valence-electron chi connectivity index (χ3n) is 6.71. The van der Waals surface area contributed by atoms with Crippen LogP contribution in [0.25, 0.3) is 0 Å². The Hall–Kier alpha value is -3.92. The quantitative estimate of drug-likeness (QED) is 0.197. The zero-order valence-electron chi connectivity index (χ0n) is 22.3. The van der Waals surface area contributed by atoms with Crippen LogP contribution in [0.2, 0.25) is 0 Å². The van der Waals surface area contributed by atoms with Gasteiger partial charge in [-0.05, 0) is 91.1 Å². The highest BCUT2D eigenvalue weighted by Gasteiger charge is 2.08. The van der Waals surface area contributed by atoms with Crippen LogP contribution in [0.1, 0.15) is 40.3 Å². The number of aryl methyl sites for hydroxylation is 6. The Kier molecular flexibility index (Phi) is 9.09. The second-order valence-electron chi connectivity index (χ2n) is 9.37. The van der Waals surface area contributed by atoms with Crippen molar-refractivity contribution in [1.82, 2.24) is 0 Å². The molecule has 0 bridgehead atoms. The summed E-state index contributed by atoms with van der Waals surface area (Å²) in [7, 11) is 3.34. The number of methoxy groups -OCH3 is 2. The zero-order valence-corrected chi connectivity index (χ0v) is 22.3. The maximum absolute atomic E-state index is 5.63. The first-order valence-corrected chi connectivity index (χ1v) is 13.0. The van der Waals surface area contributed by atoms with Crippen LogP contribution < -0.4 is 9.47 Å². The molecule has 0 N–H and O–H groups in total. The van der Waals surface area contributed by atoms with E-state index in [1.807, 2.05) is 12.1 Å². The van der Waals surface area contributed by atoms with E-state index in [1.54, 1.807) is 14.2 Å². The van der Waals surface area contributed by atoms with Gasteiger partial charge in [-0.1, -0.05) is 73.2 Å². The molecule has 0 fully saturated rings. The van der Waals surface area contributed by atoms with Crippen LogP contribution in [-0.4, -0.2) is 14.2 Å². The van der Waals surface area contributed by atoms with Crippen LogP contribution in [0.4, 0.5) is 11.4 Å². The Balaban J connectivity index is 1.41. The van der Waals surface area contributed by atoms with Crippen molar-refractivity contribution in [2.45, 2.75) is 46.0 Å². The SMILES string of the molecule is CCc1ccc(CCc2ccc(N=Nc3ccc(CCc4ccc(C)cc4)cc3OC)c(OC)c2)cc1.